The lowest BCUT2D eigenvalue weighted by molar-refractivity contribution is 1.21. The highest BCUT2D eigenvalue weighted by Gasteiger charge is 2.01. The normalized spacial score (nSPS) is 8.73. The standard InChI is InChI=1S/C6H7BN4/c1-7-5-3-10-6(9)4(2-8)11-5/h3,7H,1H3,(H2,9,10). The fourth-order valence-electron chi connectivity index (χ4n) is 0.688. The van der Waals surface area contributed by atoms with Gasteiger partial charge in [-0.3, -0.25) is 0 Å². The molecule has 0 radical (unpaired) electrons. The number of hydrogen-bond donors (Lipinski definition) is 1. The maximum Gasteiger partial charge on any atom is 0.182 e. The van der Waals surface area contributed by atoms with E-state index in [2.05, 4.69) is 9.97 Å². The summed E-state index contributed by atoms with van der Waals surface area (Å²) in [4.78, 5) is 7.77. The molecular formula is C6H7BN4. The summed E-state index contributed by atoms with van der Waals surface area (Å²) in [5.74, 6) is 0.199. The molecule has 5 heteroatoms. The highest BCUT2D eigenvalue weighted by atomic mass is 14.9. The predicted molar refractivity (Wildman–Crippen MR) is 43.8 cm³/mol. The van der Waals surface area contributed by atoms with Crippen molar-refractivity contribution < 1.29 is 0 Å². The zero-order valence-electron chi connectivity index (χ0n) is 6.20. The van der Waals surface area contributed by atoms with E-state index in [-0.39, 0.29) is 11.5 Å². The van der Waals surface area contributed by atoms with Crippen molar-refractivity contribution in [1.82, 2.24) is 9.97 Å². The average Bonchev–Trinajstić information content (AvgIpc) is 2.05. The minimum Gasteiger partial charge on any atom is -0.381 e. The highest BCUT2D eigenvalue weighted by Crippen LogP contribution is 1.97. The van der Waals surface area contributed by atoms with Crippen LogP contribution in [0.3, 0.4) is 0 Å². The number of aromatic nitrogens is 2. The molecule has 0 saturated carbocycles. The molecule has 0 saturated heterocycles. The van der Waals surface area contributed by atoms with Crippen molar-refractivity contribution in [3.63, 3.8) is 0 Å². The van der Waals surface area contributed by atoms with Gasteiger partial charge in [0.25, 0.3) is 0 Å². The van der Waals surface area contributed by atoms with E-state index in [4.69, 9.17) is 11.0 Å². The van der Waals surface area contributed by atoms with Gasteiger partial charge in [0, 0.05) is 11.8 Å². The van der Waals surface area contributed by atoms with Crippen molar-refractivity contribution in [2.24, 2.45) is 0 Å². The largest absolute Gasteiger partial charge is 0.381 e. The number of nitrogen functional groups attached to an aromatic ring is 1. The van der Waals surface area contributed by atoms with Gasteiger partial charge in [-0.05, 0) is 0 Å². The molecule has 2 N–H and O–H groups in total. The van der Waals surface area contributed by atoms with Gasteiger partial charge in [-0.15, -0.1) is 0 Å². The summed E-state index contributed by atoms with van der Waals surface area (Å²) in [5.41, 5.74) is 6.36. The van der Waals surface area contributed by atoms with Crippen molar-refractivity contribution in [2.45, 2.75) is 6.82 Å². The summed E-state index contributed by atoms with van der Waals surface area (Å²) in [6.07, 6.45) is 1.58. The zero-order chi connectivity index (χ0) is 8.27. The second-order valence-electron chi connectivity index (χ2n) is 2.06. The fraction of sp³-hybridized carbons (Fsp3) is 0.167. The van der Waals surface area contributed by atoms with Crippen molar-refractivity contribution in [3.8, 4) is 6.07 Å². The lowest BCUT2D eigenvalue weighted by Crippen LogP contribution is -2.18. The quantitative estimate of drug-likeness (QED) is 0.517. The molecule has 0 aliphatic carbocycles. The van der Waals surface area contributed by atoms with E-state index in [1.807, 2.05) is 12.9 Å². The molecule has 0 aromatic carbocycles. The maximum absolute atomic E-state index is 8.51. The molecule has 0 bridgehead atoms. The predicted octanol–water partition coefficient (Wildman–Crippen LogP) is -0.960. The van der Waals surface area contributed by atoms with Crippen LogP contribution >= 0.6 is 0 Å². The van der Waals surface area contributed by atoms with Gasteiger partial charge in [-0.1, -0.05) is 6.82 Å². The molecule has 0 amide bonds. The Morgan fingerprint density at radius 3 is 3.00 bits per heavy atom. The Labute approximate surface area is 65.3 Å². The molecule has 0 aliphatic heterocycles. The molecule has 1 aromatic rings. The smallest absolute Gasteiger partial charge is 0.182 e. The van der Waals surface area contributed by atoms with E-state index in [0.717, 1.165) is 12.9 Å². The first-order valence-corrected chi connectivity index (χ1v) is 3.29. The molecule has 0 spiro atoms. The van der Waals surface area contributed by atoms with Gasteiger partial charge < -0.3 is 5.73 Å². The Bertz CT molecular complexity index is 304. The number of nitrogens with zero attached hydrogens (tertiary/aromatic N) is 3. The van der Waals surface area contributed by atoms with E-state index in [0.29, 0.717) is 0 Å². The summed E-state index contributed by atoms with van der Waals surface area (Å²) >= 11 is 0. The minimum atomic E-state index is 0.199. The molecule has 1 rings (SSSR count). The Hall–Kier alpha value is -1.57. The molecule has 11 heavy (non-hydrogen) atoms. The van der Waals surface area contributed by atoms with Gasteiger partial charge in [0.15, 0.2) is 18.8 Å². The van der Waals surface area contributed by atoms with E-state index < -0.39 is 0 Å². The zero-order valence-corrected chi connectivity index (χ0v) is 6.20. The van der Waals surface area contributed by atoms with Crippen LogP contribution in [0, 0.1) is 11.3 Å². The van der Waals surface area contributed by atoms with Crippen molar-refractivity contribution in [1.29, 1.82) is 5.26 Å². The van der Waals surface area contributed by atoms with Gasteiger partial charge in [0.05, 0.1) is 0 Å². The SMILES string of the molecule is CBc1cnc(N)c(C#N)n1. The second kappa shape index (κ2) is 3.02. The Balaban J connectivity index is 3.15. The van der Waals surface area contributed by atoms with E-state index in [9.17, 15) is 0 Å². The van der Waals surface area contributed by atoms with Crippen LogP contribution in [0.1, 0.15) is 5.69 Å². The summed E-state index contributed by atoms with van der Waals surface area (Å²) in [7, 11) is 0.766. The first kappa shape index (κ1) is 7.54. The Morgan fingerprint density at radius 1 is 1.73 bits per heavy atom. The Morgan fingerprint density at radius 2 is 2.45 bits per heavy atom. The molecular weight excluding hydrogens is 139 g/mol. The molecule has 0 atom stereocenters. The van der Waals surface area contributed by atoms with Crippen molar-refractivity contribution in [2.75, 3.05) is 5.73 Å². The topological polar surface area (TPSA) is 75.6 Å². The molecule has 0 fully saturated rings. The first-order valence-electron chi connectivity index (χ1n) is 3.29. The lowest BCUT2D eigenvalue weighted by Gasteiger charge is -1.96. The molecule has 0 unspecified atom stereocenters. The van der Waals surface area contributed by atoms with Crippen molar-refractivity contribution in [3.05, 3.63) is 11.9 Å². The summed E-state index contributed by atoms with van der Waals surface area (Å²) in [5, 5.41) is 8.51. The number of nitriles is 1. The van der Waals surface area contributed by atoms with Crippen LogP contribution in [0.4, 0.5) is 5.82 Å². The third-order valence-corrected chi connectivity index (χ3v) is 1.32. The molecule has 1 aromatic heterocycles. The van der Waals surface area contributed by atoms with E-state index in [1.54, 1.807) is 6.20 Å². The fourth-order valence-corrected chi connectivity index (χ4v) is 0.688. The average molecular weight is 146 g/mol. The van der Waals surface area contributed by atoms with Crippen LogP contribution < -0.4 is 11.3 Å². The third-order valence-electron chi connectivity index (χ3n) is 1.32. The minimum absolute atomic E-state index is 0.199. The Kier molecular flexibility index (Phi) is 2.07. The maximum atomic E-state index is 8.51. The van der Waals surface area contributed by atoms with Crippen LogP contribution in [0.5, 0.6) is 0 Å². The molecule has 54 valence electrons. The van der Waals surface area contributed by atoms with Gasteiger partial charge >= 0.3 is 0 Å². The van der Waals surface area contributed by atoms with Crippen LogP contribution in [0.2, 0.25) is 6.82 Å². The number of hydrogen-bond acceptors (Lipinski definition) is 4. The highest BCUT2D eigenvalue weighted by molar-refractivity contribution is 6.50. The third kappa shape index (κ3) is 1.47. The van der Waals surface area contributed by atoms with Gasteiger partial charge in [-0.2, -0.15) is 5.26 Å². The number of nitrogens with two attached hydrogens (primary N) is 1. The summed E-state index contributed by atoms with van der Waals surface area (Å²) in [6, 6.07) is 1.87. The summed E-state index contributed by atoms with van der Waals surface area (Å²) < 4.78 is 0. The van der Waals surface area contributed by atoms with Gasteiger partial charge in [0.1, 0.15) is 6.07 Å². The monoisotopic (exact) mass is 146 g/mol. The van der Waals surface area contributed by atoms with Crippen LogP contribution in [0.25, 0.3) is 0 Å². The van der Waals surface area contributed by atoms with Crippen LogP contribution in [0.15, 0.2) is 6.20 Å². The first-order chi connectivity index (χ1) is 5.27. The molecule has 1 heterocycles. The number of anilines is 1. The lowest BCUT2D eigenvalue weighted by atomic mass is 9.78. The van der Waals surface area contributed by atoms with Gasteiger partial charge in [0.2, 0.25) is 0 Å². The van der Waals surface area contributed by atoms with Crippen molar-refractivity contribution >= 4 is 18.7 Å². The van der Waals surface area contributed by atoms with E-state index in [1.165, 1.54) is 0 Å². The van der Waals surface area contributed by atoms with Gasteiger partial charge in [-0.25, -0.2) is 9.97 Å². The number of rotatable bonds is 1. The van der Waals surface area contributed by atoms with Crippen LogP contribution in [-0.4, -0.2) is 17.2 Å². The summed E-state index contributed by atoms with van der Waals surface area (Å²) in [6.45, 7) is 1.95. The molecule has 4 nitrogen and oxygen atoms in total. The second-order valence-corrected chi connectivity index (χ2v) is 2.06. The molecule has 0 aliphatic rings. The van der Waals surface area contributed by atoms with Crippen LogP contribution in [-0.2, 0) is 0 Å². The van der Waals surface area contributed by atoms with E-state index >= 15 is 0 Å².